The van der Waals surface area contributed by atoms with Crippen LogP contribution in [-0.4, -0.2) is 51.4 Å². The summed E-state index contributed by atoms with van der Waals surface area (Å²) in [6.07, 6.45) is 10.4. The first-order chi connectivity index (χ1) is 12.3. The monoisotopic (exact) mass is 338 g/mol. The van der Waals surface area contributed by atoms with Gasteiger partial charge in [0, 0.05) is 37.6 Å². The summed E-state index contributed by atoms with van der Waals surface area (Å²) in [6, 6.07) is 8.54. The number of hydrogen-bond acceptors (Lipinski definition) is 3. The van der Waals surface area contributed by atoms with Crippen molar-refractivity contribution in [3.8, 4) is 0 Å². The van der Waals surface area contributed by atoms with Gasteiger partial charge < -0.3 is 9.47 Å². The number of piperidine rings is 1. The average molecular weight is 338 g/mol. The van der Waals surface area contributed by atoms with Gasteiger partial charge in [-0.15, -0.1) is 0 Å². The first-order valence-electron chi connectivity index (χ1n) is 9.37. The standard InChI is InChI=1S/C20H26N4O/c25-20(23-11-4-7-19(15-23)24-12-8-21-16-24)18-6-3-5-17(13-18)14-22-9-1-2-10-22/h3,5-6,8,12-13,16,19H,1-2,4,7,9-11,14-15H2. The van der Waals surface area contributed by atoms with Crippen LogP contribution in [0.3, 0.4) is 0 Å². The number of nitrogens with zero attached hydrogens (tertiary/aromatic N) is 4. The minimum Gasteiger partial charge on any atom is -0.337 e. The minimum atomic E-state index is 0.160. The van der Waals surface area contributed by atoms with E-state index in [1.165, 1.54) is 31.5 Å². The Morgan fingerprint density at radius 2 is 2.04 bits per heavy atom. The van der Waals surface area contributed by atoms with E-state index in [1.54, 1.807) is 0 Å². The largest absolute Gasteiger partial charge is 0.337 e. The van der Waals surface area contributed by atoms with Crippen molar-refractivity contribution >= 4 is 5.91 Å². The van der Waals surface area contributed by atoms with Crippen LogP contribution in [-0.2, 0) is 6.54 Å². The molecule has 5 nitrogen and oxygen atoms in total. The summed E-state index contributed by atoms with van der Waals surface area (Å²) in [5.74, 6) is 0.160. The van der Waals surface area contributed by atoms with E-state index in [9.17, 15) is 4.79 Å². The number of likely N-dealkylation sites (tertiary alicyclic amines) is 2. The zero-order chi connectivity index (χ0) is 17.1. The van der Waals surface area contributed by atoms with Gasteiger partial charge in [0.25, 0.3) is 5.91 Å². The summed E-state index contributed by atoms with van der Waals surface area (Å²) >= 11 is 0. The molecule has 0 spiro atoms. The number of carbonyl (C=O) groups is 1. The molecule has 2 saturated heterocycles. The van der Waals surface area contributed by atoms with Crippen LogP contribution >= 0.6 is 0 Å². The molecule has 132 valence electrons. The van der Waals surface area contributed by atoms with Crippen molar-refractivity contribution in [2.75, 3.05) is 26.2 Å². The van der Waals surface area contributed by atoms with Gasteiger partial charge in [0.15, 0.2) is 0 Å². The van der Waals surface area contributed by atoms with Gasteiger partial charge in [-0.2, -0.15) is 0 Å². The highest BCUT2D eigenvalue weighted by molar-refractivity contribution is 5.94. The second-order valence-corrected chi connectivity index (χ2v) is 7.24. The number of imidazole rings is 1. The summed E-state index contributed by atoms with van der Waals surface area (Å²) in [4.78, 5) is 21.6. The number of carbonyl (C=O) groups excluding carboxylic acids is 1. The maximum absolute atomic E-state index is 13.0. The van der Waals surface area contributed by atoms with Crippen LogP contribution in [0.1, 0.15) is 47.6 Å². The van der Waals surface area contributed by atoms with Crippen LogP contribution in [0.2, 0.25) is 0 Å². The van der Waals surface area contributed by atoms with Gasteiger partial charge in [-0.05, 0) is 56.5 Å². The third-order valence-corrected chi connectivity index (χ3v) is 5.41. The molecule has 2 aromatic rings. The zero-order valence-electron chi connectivity index (χ0n) is 14.7. The number of aromatic nitrogens is 2. The molecule has 0 bridgehead atoms. The van der Waals surface area contributed by atoms with Crippen LogP contribution in [0.5, 0.6) is 0 Å². The molecule has 2 aliphatic rings. The molecule has 0 radical (unpaired) electrons. The smallest absolute Gasteiger partial charge is 0.253 e. The molecule has 0 N–H and O–H groups in total. The lowest BCUT2D eigenvalue weighted by atomic mass is 10.0. The first-order valence-corrected chi connectivity index (χ1v) is 9.37. The topological polar surface area (TPSA) is 41.4 Å². The van der Waals surface area contributed by atoms with Gasteiger partial charge in [0.05, 0.1) is 12.4 Å². The van der Waals surface area contributed by atoms with Crippen molar-refractivity contribution in [3.05, 3.63) is 54.1 Å². The maximum atomic E-state index is 13.0. The molecule has 0 saturated carbocycles. The highest BCUT2D eigenvalue weighted by Gasteiger charge is 2.25. The van der Waals surface area contributed by atoms with Gasteiger partial charge in [-0.3, -0.25) is 9.69 Å². The van der Waals surface area contributed by atoms with Crippen molar-refractivity contribution in [3.63, 3.8) is 0 Å². The summed E-state index contributed by atoms with van der Waals surface area (Å²) in [6.45, 7) is 4.93. The predicted octanol–water partition coefficient (Wildman–Crippen LogP) is 2.96. The molecule has 1 unspecified atom stereocenters. The van der Waals surface area contributed by atoms with E-state index < -0.39 is 0 Å². The Kier molecular flexibility index (Phi) is 4.83. The second kappa shape index (κ2) is 7.40. The molecular weight excluding hydrogens is 312 g/mol. The van der Waals surface area contributed by atoms with Crippen LogP contribution in [0.15, 0.2) is 43.0 Å². The lowest BCUT2D eigenvalue weighted by molar-refractivity contribution is 0.0679. The van der Waals surface area contributed by atoms with Gasteiger partial charge in [-0.1, -0.05) is 12.1 Å². The molecular formula is C20H26N4O. The molecule has 2 aliphatic heterocycles. The molecule has 5 heteroatoms. The van der Waals surface area contributed by atoms with Crippen molar-refractivity contribution in [2.24, 2.45) is 0 Å². The van der Waals surface area contributed by atoms with Gasteiger partial charge >= 0.3 is 0 Å². The minimum absolute atomic E-state index is 0.160. The summed E-state index contributed by atoms with van der Waals surface area (Å²) in [7, 11) is 0. The fourth-order valence-corrected chi connectivity index (χ4v) is 4.05. The Labute approximate surface area is 149 Å². The Bertz CT molecular complexity index is 706. The molecule has 3 heterocycles. The molecule has 0 aliphatic carbocycles. The lowest BCUT2D eigenvalue weighted by Gasteiger charge is -2.33. The Morgan fingerprint density at radius 1 is 1.16 bits per heavy atom. The lowest BCUT2D eigenvalue weighted by Crippen LogP contribution is -2.40. The van der Waals surface area contributed by atoms with E-state index in [1.807, 2.05) is 35.8 Å². The third kappa shape index (κ3) is 3.76. The molecule has 2 fully saturated rings. The van der Waals surface area contributed by atoms with Crippen molar-refractivity contribution in [1.82, 2.24) is 19.4 Å². The molecule has 1 aromatic heterocycles. The predicted molar refractivity (Wildman–Crippen MR) is 97.4 cm³/mol. The number of benzene rings is 1. The average Bonchev–Trinajstić information content (AvgIpc) is 3.35. The Hall–Kier alpha value is -2.14. The normalized spacial score (nSPS) is 21.6. The van der Waals surface area contributed by atoms with E-state index in [2.05, 4.69) is 26.6 Å². The van der Waals surface area contributed by atoms with E-state index in [4.69, 9.17) is 0 Å². The van der Waals surface area contributed by atoms with Crippen molar-refractivity contribution in [2.45, 2.75) is 38.3 Å². The Morgan fingerprint density at radius 3 is 2.84 bits per heavy atom. The molecule has 1 amide bonds. The van der Waals surface area contributed by atoms with Crippen LogP contribution < -0.4 is 0 Å². The molecule has 4 rings (SSSR count). The van der Waals surface area contributed by atoms with E-state index in [0.717, 1.165) is 38.0 Å². The van der Waals surface area contributed by atoms with E-state index >= 15 is 0 Å². The van der Waals surface area contributed by atoms with Gasteiger partial charge in [0.2, 0.25) is 0 Å². The Balaban J connectivity index is 1.44. The SMILES string of the molecule is O=C(c1cccc(CN2CCCC2)c1)N1CCCC(n2ccnc2)C1. The van der Waals surface area contributed by atoms with Crippen LogP contribution in [0.4, 0.5) is 0 Å². The number of amides is 1. The molecule has 1 aromatic carbocycles. The van der Waals surface area contributed by atoms with Crippen molar-refractivity contribution < 1.29 is 4.79 Å². The fraction of sp³-hybridized carbons (Fsp3) is 0.500. The van der Waals surface area contributed by atoms with Crippen molar-refractivity contribution in [1.29, 1.82) is 0 Å². The third-order valence-electron chi connectivity index (χ3n) is 5.41. The molecule has 25 heavy (non-hydrogen) atoms. The summed E-state index contributed by atoms with van der Waals surface area (Å²) in [5, 5.41) is 0. The number of hydrogen-bond donors (Lipinski definition) is 0. The van der Waals surface area contributed by atoms with E-state index in [-0.39, 0.29) is 5.91 Å². The quantitative estimate of drug-likeness (QED) is 0.861. The van der Waals surface area contributed by atoms with Gasteiger partial charge in [-0.25, -0.2) is 4.98 Å². The van der Waals surface area contributed by atoms with E-state index in [0.29, 0.717) is 6.04 Å². The highest BCUT2D eigenvalue weighted by Crippen LogP contribution is 2.23. The van der Waals surface area contributed by atoms with Crippen LogP contribution in [0, 0.1) is 0 Å². The second-order valence-electron chi connectivity index (χ2n) is 7.24. The van der Waals surface area contributed by atoms with Gasteiger partial charge in [0.1, 0.15) is 0 Å². The first kappa shape index (κ1) is 16.3. The summed E-state index contributed by atoms with van der Waals surface area (Å²) in [5.41, 5.74) is 2.07. The van der Waals surface area contributed by atoms with Crippen LogP contribution in [0.25, 0.3) is 0 Å². The number of rotatable bonds is 4. The highest BCUT2D eigenvalue weighted by atomic mass is 16.2. The molecule has 1 atom stereocenters. The summed E-state index contributed by atoms with van der Waals surface area (Å²) < 4.78 is 2.13. The fourth-order valence-electron chi connectivity index (χ4n) is 4.05. The maximum Gasteiger partial charge on any atom is 0.253 e. The zero-order valence-corrected chi connectivity index (χ0v) is 14.7.